The van der Waals surface area contributed by atoms with Crippen molar-refractivity contribution in [3.63, 3.8) is 0 Å². The Morgan fingerprint density at radius 3 is 2.56 bits per heavy atom. The molecule has 6 heteroatoms. The smallest absolute Gasteiger partial charge is 0.226 e. The number of nitrogens with zero attached hydrogens (tertiary/aromatic N) is 1. The number of anilines is 2. The van der Waals surface area contributed by atoms with Gasteiger partial charge in [-0.3, -0.25) is 4.79 Å². The summed E-state index contributed by atoms with van der Waals surface area (Å²) in [5, 5.41) is 5.39. The number of aromatic nitrogens is 1. The standard InChI is InChI=1S/C19H19N3O2S/c1-24-16-9-5-14(6-10-16)17-12-25-19(21-17)22-18(23)11-4-13-2-7-15(20)8-3-13/h2-3,5-10,12H,4,11,20H2,1H3,(H,21,22,23). The molecule has 0 saturated heterocycles. The first-order chi connectivity index (χ1) is 12.1. The molecule has 25 heavy (non-hydrogen) atoms. The summed E-state index contributed by atoms with van der Waals surface area (Å²) in [4.78, 5) is 16.6. The Bertz CT molecular complexity index is 842. The average molecular weight is 353 g/mol. The minimum atomic E-state index is -0.0487. The number of hydrogen-bond donors (Lipinski definition) is 2. The molecule has 5 nitrogen and oxygen atoms in total. The third-order valence-corrected chi connectivity index (χ3v) is 4.51. The van der Waals surface area contributed by atoms with E-state index >= 15 is 0 Å². The van der Waals surface area contributed by atoms with Crippen LogP contribution in [0.15, 0.2) is 53.9 Å². The van der Waals surface area contributed by atoms with Gasteiger partial charge in [-0.05, 0) is 48.4 Å². The molecule has 3 aromatic rings. The number of nitrogen functional groups attached to an aromatic ring is 1. The van der Waals surface area contributed by atoms with Gasteiger partial charge in [0.2, 0.25) is 5.91 Å². The lowest BCUT2D eigenvalue weighted by Gasteiger charge is -2.03. The maximum Gasteiger partial charge on any atom is 0.226 e. The van der Waals surface area contributed by atoms with Gasteiger partial charge in [0.15, 0.2) is 5.13 Å². The number of hydrogen-bond acceptors (Lipinski definition) is 5. The summed E-state index contributed by atoms with van der Waals surface area (Å²) in [5.74, 6) is 0.752. The van der Waals surface area contributed by atoms with Crippen molar-refractivity contribution in [2.75, 3.05) is 18.2 Å². The highest BCUT2D eigenvalue weighted by molar-refractivity contribution is 7.14. The molecule has 0 unspecified atom stereocenters. The molecule has 2 aromatic carbocycles. The zero-order valence-corrected chi connectivity index (χ0v) is 14.7. The van der Waals surface area contributed by atoms with Crippen LogP contribution in [0.25, 0.3) is 11.3 Å². The van der Waals surface area contributed by atoms with Gasteiger partial charge in [-0.25, -0.2) is 4.98 Å². The predicted molar refractivity (Wildman–Crippen MR) is 102 cm³/mol. The van der Waals surface area contributed by atoms with Crippen LogP contribution in [0.1, 0.15) is 12.0 Å². The maximum absolute atomic E-state index is 12.1. The monoisotopic (exact) mass is 353 g/mol. The molecule has 0 spiro atoms. The minimum absolute atomic E-state index is 0.0487. The molecule has 1 heterocycles. The highest BCUT2D eigenvalue weighted by Crippen LogP contribution is 2.26. The minimum Gasteiger partial charge on any atom is -0.497 e. The highest BCUT2D eigenvalue weighted by atomic mass is 32.1. The number of amides is 1. The first kappa shape index (κ1) is 17.0. The van der Waals surface area contributed by atoms with Crippen molar-refractivity contribution in [1.82, 2.24) is 4.98 Å². The molecule has 3 rings (SSSR count). The van der Waals surface area contributed by atoms with Gasteiger partial charge in [-0.1, -0.05) is 12.1 Å². The molecule has 1 aromatic heterocycles. The quantitative estimate of drug-likeness (QED) is 0.657. The summed E-state index contributed by atoms with van der Waals surface area (Å²) in [6.07, 6.45) is 1.07. The van der Waals surface area contributed by atoms with E-state index < -0.39 is 0 Å². The van der Waals surface area contributed by atoms with Gasteiger partial charge in [0, 0.05) is 23.1 Å². The van der Waals surface area contributed by atoms with Crippen molar-refractivity contribution in [3.05, 3.63) is 59.5 Å². The molecule has 0 bridgehead atoms. The first-order valence-electron chi connectivity index (χ1n) is 7.88. The number of thiazole rings is 1. The van der Waals surface area contributed by atoms with Crippen LogP contribution in [0.5, 0.6) is 5.75 Å². The predicted octanol–water partition coefficient (Wildman–Crippen LogP) is 3.97. The molecule has 1 amide bonds. The number of carbonyl (C=O) groups is 1. The second-order valence-electron chi connectivity index (χ2n) is 5.56. The Kier molecular flexibility index (Phi) is 5.30. The lowest BCUT2D eigenvalue weighted by atomic mass is 10.1. The van der Waals surface area contributed by atoms with Crippen molar-refractivity contribution >= 4 is 28.1 Å². The molecular formula is C19H19N3O2S. The third-order valence-electron chi connectivity index (χ3n) is 3.76. The van der Waals surface area contributed by atoms with Crippen molar-refractivity contribution in [1.29, 1.82) is 0 Å². The van der Waals surface area contributed by atoms with Crippen LogP contribution < -0.4 is 15.8 Å². The lowest BCUT2D eigenvalue weighted by Crippen LogP contribution is -2.12. The van der Waals surface area contributed by atoms with E-state index in [1.807, 2.05) is 53.9 Å². The molecule has 0 radical (unpaired) electrons. The first-order valence-corrected chi connectivity index (χ1v) is 8.76. The second-order valence-corrected chi connectivity index (χ2v) is 6.41. The van der Waals surface area contributed by atoms with Crippen LogP contribution in [0.3, 0.4) is 0 Å². The molecule has 0 atom stereocenters. The van der Waals surface area contributed by atoms with E-state index in [0.717, 1.165) is 28.3 Å². The van der Waals surface area contributed by atoms with Crippen molar-refractivity contribution < 1.29 is 9.53 Å². The Labute approximate surface area is 150 Å². The molecule has 0 saturated carbocycles. The third kappa shape index (κ3) is 4.58. The number of rotatable bonds is 6. The molecule has 0 aliphatic heterocycles. The Morgan fingerprint density at radius 2 is 1.88 bits per heavy atom. The van der Waals surface area contributed by atoms with Gasteiger partial charge >= 0.3 is 0 Å². The fraction of sp³-hybridized carbons (Fsp3) is 0.158. The molecular weight excluding hydrogens is 334 g/mol. The van der Waals surface area contributed by atoms with E-state index in [1.165, 1.54) is 11.3 Å². The summed E-state index contributed by atoms with van der Waals surface area (Å²) in [6.45, 7) is 0. The van der Waals surface area contributed by atoms with Crippen LogP contribution in [0.4, 0.5) is 10.8 Å². The summed E-state index contributed by atoms with van der Waals surface area (Å²) in [7, 11) is 1.63. The van der Waals surface area contributed by atoms with Crippen LogP contribution in [0.2, 0.25) is 0 Å². The van der Waals surface area contributed by atoms with Gasteiger partial charge in [0.25, 0.3) is 0 Å². The number of ether oxygens (including phenoxy) is 1. The van der Waals surface area contributed by atoms with Gasteiger partial charge in [-0.15, -0.1) is 11.3 Å². The molecule has 0 fully saturated rings. The maximum atomic E-state index is 12.1. The molecule has 0 aliphatic carbocycles. The van der Waals surface area contributed by atoms with Crippen LogP contribution >= 0.6 is 11.3 Å². The summed E-state index contributed by atoms with van der Waals surface area (Å²) in [6, 6.07) is 15.2. The highest BCUT2D eigenvalue weighted by Gasteiger charge is 2.08. The molecule has 0 aliphatic rings. The van der Waals surface area contributed by atoms with Gasteiger partial charge in [-0.2, -0.15) is 0 Å². The van der Waals surface area contributed by atoms with E-state index in [0.29, 0.717) is 18.0 Å². The fourth-order valence-electron chi connectivity index (χ4n) is 2.35. The van der Waals surface area contributed by atoms with Gasteiger partial charge < -0.3 is 15.8 Å². The molecule has 128 valence electrons. The summed E-state index contributed by atoms with van der Waals surface area (Å²) < 4.78 is 5.15. The Morgan fingerprint density at radius 1 is 1.16 bits per heavy atom. The number of aryl methyl sites for hydroxylation is 1. The van der Waals surface area contributed by atoms with Crippen molar-refractivity contribution in [2.45, 2.75) is 12.8 Å². The zero-order valence-electron chi connectivity index (χ0n) is 13.9. The Balaban J connectivity index is 1.56. The number of benzene rings is 2. The van der Waals surface area contributed by atoms with Crippen molar-refractivity contribution in [3.8, 4) is 17.0 Å². The van der Waals surface area contributed by atoms with Crippen LogP contribution in [0, 0.1) is 0 Å². The SMILES string of the molecule is COc1ccc(-c2csc(NC(=O)CCc3ccc(N)cc3)n2)cc1. The van der Waals surface area contributed by atoms with Crippen molar-refractivity contribution in [2.24, 2.45) is 0 Å². The van der Waals surface area contributed by atoms with Crippen LogP contribution in [-0.4, -0.2) is 18.0 Å². The van der Waals surface area contributed by atoms with E-state index in [1.54, 1.807) is 7.11 Å². The number of methoxy groups -OCH3 is 1. The fourth-order valence-corrected chi connectivity index (χ4v) is 3.09. The van der Waals surface area contributed by atoms with Crippen LogP contribution in [-0.2, 0) is 11.2 Å². The Hall–Kier alpha value is -2.86. The average Bonchev–Trinajstić information content (AvgIpc) is 3.10. The zero-order chi connectivity index (χ0) is 17.6. The largest absolute Gasteiger partial charge is 0.497 e. The number of nitrogens with two attached hydrogens (primary N) is 1. The number of nitrogens with one attached hydrogen (secondary N) is 1. The van der Waals surface area contributed by atoms with E-state index in [2.05, 4.69) is 10.3 Å². The van der Waals surface area contributed by atoms with E-state index in [-0.39, 0.29) is 5.91 Å². The van der Waals surface area contributed by atoms with Gasteiger partial charge in [0.05, 0.1) is 12.8 Å². The van der Waals surface area contributed by atoms with E-state index in [9.17, 15) is 4.79 Å². The summed E-state index contributed by atoms with van der Waals surface area (Å²) >= 11 is 1.42. The summed E-state index contributed by atoms with van der Waals surface area (Å²) in [5.41, 5.74) is 9.29. The lowest BCUT2D eigenvalue weighted by molar-refractivity contribution is -0.116. The number of carbonyl (C=O) groups excluding carboxylic acids is 1. The second kappa shape index (κ2) is 7.81. The topological polar surface area (TPSA) is 77.2 Å². The van der Waals surface area contributed by atoms with E-state index in [4.69, 9.17) is 10.5 Å². The molecule has 3 N–H and O–H groups in total. The normalized spacial score (nSPS) is 10.4. The van der Waals surface area contributed by atoms with Gasteiger partial charge in [0.1, 0.15) is 5.75 Å².